The number of anilines is 5. The first-order chi connectivity index (χ1) is 13.3. The molecule has 0 atom stereocenters. The Morgan fingerprint density at radius 3 is 1.89 bits per heavy atom. The van der Waals surface area contributed by atoms with Crippen molar-refractivity contribution in [2.75, 3.05) is 43.3 Å². The predicted molar refractivity (Wildman–Crippen MR) is 113 cm³/mol. The molecule has 148 valence electrons. The number of methoxy groups -OCH3 is 2. The summed E-state index contributed by atoms with van der Waals surface area (Å²) in [4.78, 5) is 13.3. The summed E-state index contributed by atoms with van der Waals surface area (Å²) in [5, 5.41) is 9.50. The van der Waals surface area contributed by atoms with Gasteiger partial charge in [-0.2, -0.15) is 15.0 Å². The van der Waals surface area contributed by atoms with Crippen LogP contribution in [0, 0.1) is 0 Å². The third kappa shape index (κ3) is 6.26. The monoisotopic (exact) mass is 402 g/mol. The van der Waals surface area contributed by atoms with Crippen molar-refractivity contribution in [2.45, 2.75) is 0 Å². The molecule has 3 N–H and O–H groups in total. The van der Waals surface area contributed by atoms with Crippen molar-refractivity contribution >= 4 is 41.6 Å². The number of ether oxygens (including phenoxy) is 2. The highest BCUT2D eigenvalue weighted by molar-refractivity contribution is 5.85. The summed E-state index contributed by atoms with van der Waals surface area (Å²) in [6.07, 6.45) is 0. The second-order valence-corrected chi connectivity index (χ2v) is 5.57. The third-order valence-corrected chi connectivity index (χ3v) is 3.60. The van der Waals surface area contributed by atoms with E-state index >= 15 is 0 Å². The molecule has 0 aliphatic rings. The van der Waals surface area contributed by atoms with Gasteiger partial charge in [-0.15, -0.1) is 12.4 Å². The van der Waals surface area contributed by atoms with E-state index in [2.05, 4.69) is 30.9 Å². The van der Waals surface area contributed by atoms with Crippen LogP contribution in [0.3, 0.4) is 0 Å². The summed E-state index contributed by atoms with van der Waals surface area (Å²) in [6.45, 7) is 1.14. The summed E-state index contributed by atoms with van der Waals surface area (Å²) in [5.74, 6) is 2.10. The van der Waals surface area contributed by atoms with Gasteiger partial charge in [-0.3, -0.25) is 0 Å². The molecule has 0 radical (unpaired) electrons. The zero-order valence-corrected chi connectivity index (χ0v) is 16.5. The molecule has 8 nitrogen and oxygen atoms in total. The minimum absolute atomic E-state index is 0. The number of para-hydroxylation sites is 1. The normalized spacial score (nSPS) is 9.93. The summed E-state index contributed by atoms with van der Waals surface area (Å²) in [7, 11) is 3.28. The summed E-state index contributed by atoms with van der Waals surface area (Å²) < 4.78 is 10.2. The minimum atomic E-state index is 0. The van der Waals surface area contributed by atoms with E-state index in [1.165, 1.54) is 0 Å². The van der Waals surface area contributed by atoms with Gasteiger partial charge in [0.1, 0.15) is 5.75 Å². The minimum Gasteiger partial charge on any atom is -0.497 e. The fourth-order valence-corrected chi connectivity index (χ4v) is 2.29. The molecule has 9 heteroatoms. The maximum Gasteiger partial charge on any atom is 0.233 e. The van der Waals surface area contributed by atoms with Crippen LogP contribution in [-0.2, 0) is 4.74 Å². The molecule has 0 saturated heterocycles. The molecule has 3 rings (SSSR count). The van der Waals surface area contributed by atoms with Crippen molar-refractivity contribution in [1.29, 1.82) is 0 Å². The number of rotatable bonds is 9. The van der Waals surface area contributed by atoms with Gasteiger partial charge >= 0.3 is 0 Å². The quantitative estimate of drug-likeness (QED) is 0.465. The standard InChI is InChI=1S/C19H22N6O2.ClH/c1-26-13-12-20-17-23-18(21-14-6-4-3-5-7-14)25-19(24-17)22-15-8-10-16(27-2)11-9-15;/h3-11H,12-13H2,1-2H3,(H3,20,21,22,23,24,25);1H. The Morgan fingerprint density at radius 1 is 0.750 bits per heavy atom. The fraction of sp³-hybridized carbons (Fsp3) is 0.211. The lowest BCUT2D eigenvalue weighted by Gasteiger charge is -2.11. The Kier molecular flexibility index (Phi) is 8.26. The van der Waals surface area contributed by atoms with Gasteiger partial charge in [0.2, 0.25) is 17.8 Å². The van der Waals surface area contributed by atoms with E-state index in [0.717, 1.165) is 17.1 Å². The first kappa shape index (κ1) is 21.2. The second kappa shape index (κ2) is 10.9. The van der Waals surface area contributed by atoms with E-state index in [0.29, 0.717) is 31.0 Å². The Hall–Kier alpha value is -3.10. The predicted octanol–water partition coefficient (Wildman–Crippen LogP) is 3.85. The maximum atomic E-state index is 5.18. The average molecular weight is 403 g/mol. The second-order valence-electron chi connectivity index (χ2n) is 5.57. The molecule has 3 aromatic rings. The molecule has 0 amide bonds. The molecule has 1 heterocycles. The highest BCUT2D eigenvalue weighted by atomic mass is 35.5. The first-order valence-electron chi connectivity index (χ1n) is 8.49. The number of aromatic nitrogens is 3. The van der Waals surface area contributed by atoms with Crippen LogP contribution >= 0.6 is 12.4 Å². The molecular weight excluding hydrogens is 380 g/mol. The van der Waals surface area contributed by atoms with Crippen molar-refractivity contribution in [2.24, 2.45) is 0 Å². The largest absolute Gasteiger partial charge is 0.497 e. The molecule has 0 saturated carbocycles. The topological polar surface area (TPSA) is 93.2 Å². The van der Waals surface area contributed by atoms with E-state index in [1.54, 1.807) is 14.2 Å². The van der Waals surface area contributed by atoms with E-state index < -0.39 is 0 Å². The van der Waals surface area contributed by atoms with Crippen LogP contribution < -0.4 is 20.7 Å². The van der Waals surface area contributed by atoms with Crippen LogP contribution in [-0.4, -0.2) is 42.3 Å². The van der Waals surface area contributed by atoms with Gasteiger partial charge in [0.05, 0.1) is 13.7 Å². The number of halogens is 1. The third-order valence-electron chi connectivity index (χ3n) is 3.60. The summed E-state index contributed by atoms with van der Waals surface area (Å²) in [6, 6.07) is 17.2. The van der Waals surface area contributed by atoms with Gasteiger partial charge in [-0.25, -0.2) is 0 Å². The number of hydrogen-bond acceptors (Lipinski definition) is 8. The van der Waals surface area contributed by atoms with Gasteiger partial charge in [-0.05, 0) is 36.4 Å². The van der Waals surface area contributed by atoms with Crippen LogP contribution in [0.1, 0.15) is 0 Å². The molecule has 1 aromatic heterocycles. The molecule has 0 bridgehead atoms. The van der Waals surface area contributed by atoms with E-state index in [-0.39, 0.29) is 12.4 Å². The molecule has 0 fully saturated rings. The number of benzene rings is 2. The Bertz CT molecular complexity index is 849. The summed E-state index contributed by atoms with van der Waals surface area (Å²) >= 11 is 0. The van der Waals surface area contributed by atoms with Gasteiger partial charge in [0, 0.05) is 25.0 Å². The fourth-order valence-electron chi connectivity index (χ4n) is 2.29. The molecule has 0 spiro atoms. The van der Waals surface area contributed by atoms with Crippen LogP contribution in [0.5, 0.6) is 5.75 Å². The van der Waals surface area contributed by atoms with Crippen LogP contribution in [0.15, 0.2) is 54.6 Å². The van der Waals surface area contributed by atoms with Crippen molar-refractivity contribution in [3.63, 3.8) is 0 Å². The smallest absolute Gasteiger partial charge is 0.233 e. The zero-order chi connectivity index (χ0) is 18.9. The van der Waals surface area contributed by atoms with Crippen molar-refractivity contribution in [3.05, 3.63) is 54.6 Å². The summed E-state index contributed by atoms with van der Waals surface area (Å²) in [5.41, 5.74) is 1.73. The van der Waals surface area contributed by atoms with Gasteiger partial charge in [0.15, 0.2) is 0 Å². The lowest BCUT2D eigenvalue weighted by Crippen LogP contribution is -2.13. The van der Waals surface area contributed by atoms with E-state index in [9.17, 15) is 0 Å². The van der Waals surface area contributed by atoms with Crippen LogP contribution in [0.2, 0.25) is 0 Å². The number of nitrogens with one attached hydrogen (secondary N) is 3. The molecule has 28 heavy (non-hydrogen) atoms. The van der Waals surface area contributed by atoms with Gasteiger partial charge in [0.25, 0.3) is 0 Å². The lowest BCUT2D eigenvalue weighted by molar-refractivity contribution is 0.210. The average Bonchev–Trinajstić information content (AvgIpc) is 2.69. The van der Waals surface area contributed by atoms with Crippen molar-refractivity contribution in [1.82, 2.24) is 15.0 Å². The highest BCUT2D eigenvalue weighted by Crippen LogP contribution is 2.20. The van der Waals surface area contributed by atoms with E-state index in [4.69, 9.17) is 9.47 Å². The molecule has 0 aliphatic carbocycles. The van der Waals surface area contributed by atoms with Gasteiger partial charge in [-0.1, -0.05) is 18.2 Å². The zero-order valence-electron chi connectivity index (χ0n) is 15.7. The molecule has 0 unspecified atom stereocenters. The van der Waals surface area contributed by atoms with Crippen molar-refractivity contribution in [3.8, 4) is 5.75 Å². The Morgan fingerprint density at radius 2 is 1.32 bits per heavy atom. The lowest BCUT2D eigenvalue weighted by atomic mass is 10.3. The number of nitrogens with zero attached hydrogens (tertiary/aromatic N) is 3. The van der Waals surface area contributed by atoms with Crippen LogP contribution in [0.4, 0.5) is 29.2 Å². The van der Waals surface area contributed by atoms with Crippen molar-refractivity contribution < 1.29 is 9.47 Å². The van der Waals surface area contributed by atoms with Crippen LogP contribution in [0.25, 0.3) is 0 Å². The first-order valence-corrected chi connectivity index (χ1v) is 8.49. The van der Waals surface area contributed by atoms with E-state index in [1.807, 2.05) is 54.6 Å². The molecule has 0 aliphatic heterocycles. The highest BCUT2D eigenvalue weighted by Gasteiger charge is 2.08. The SMILES string of the molecule is COCCNc1nc(Nc2ccccc2)nc(Nc2ccc(OC)cc2)n1.Cl. The van der Waals surface area contributed by atoms with Gasteiger partial charge < -0.3 is 25.4 Å². The molecular formula is C19H23ClN6O2. The Balaban J connectivity index is 0.00000280. The maximum absolute atomic E-state index is 5.18. The molecule has 2 aromatic carbocycles. The number of hydrogen-bond donors (Lipinski definition) is 3. The Labute approximate surface area is 170 Å².